The van der Waals surface area contributed by atoms with Gasteiger partial charge in [0.2, 0.25) is 0 Å². The van der Waals surface area contributed by atoms with Crippen molar-refractivity contribution >= 4 is 29.5 Å². The number of esters is 1. The molecule has 0 bridgehead atoms. The van der Waals surface area contributed by atoms with E-state index >= 15 is 0 Å². The van der Waals surface area contributed by atoms with Crippen molar-refractivity contribution in [1.29, 1.82) is 0 Å². The average molecular weight is 507 g/mol. The standard InChI is InChI=1S/C27H26N2O8/c1-27(2,3)21-7-5-6-8-23(21)36-17-26(30)37-24-14-10-18(15-25(24)35-4)9-11-19-12-13-20(28(31)32)16-22(19)29(33)34/h5-16H,17H2,1-4H3/b11-9+. The number of non-ortho nitro benzene ring substituents is 1. The van der Waals surface area contributed by atoms with E-state index in [4.69, 9.17) is 14.2 Å². The zero-order valence-electron chi connectivity index (χ0n) is 20.8. The summed E-state index contributed by atoms with van der Waals surface area (Å²) in [6.45, 7) is 5.85. The van der Waals surface area contributed by atoms with Gasteiger partial charge >= 0.3 is 5.97 Å². The lowest BCUT2D eigenvalue weighted by Gasteiger charge is -2.22. The molecule has 0 N–H and O–H groups in total. The predicted octanol–water partition coefficient (Wildman–Crippen LogP) is 5.96. The highest BCUT2D eigenvalue weighted by Gasteiger charge is 2.20. The van der Waals surface area contributed by atoms with Gasteiger partial charge in [0.15, 0.2) is 18.1 Å². The van der Waals surface area contributed by atoms with E-state index in [0.29, 0.717) is 11.3 Å². The Balaban J connectivity index is 1.73. The Kier molecular flexibility index (Phi) is 8.23. The fourth-order valence-corrected chi connectivity index (χ4v) is 3.50. The van der Waals surface area contributed by atoms with Crippen molar-refractivity contribution < 1.29 is 28.9 Å². The van der Waals surface area contributed by atoms with Gasteiger partial charge < -0.3 is 14.2 Å². The first-order valence-corrected chi connectivity index (χ1v) is 11.2. The van der Waals surface area contributed by atoms with Gasteiger partial charge in [-0.2, -0.15) is 0 Å². The lowest BCUT2D eigenvalue weighted by atomic mass is 9.86. The summed E-state index contributed by atoms with van der Waals surface area (Å²) in [6.07, 6.45) is 3.04. The maximum Gasteiger partial charge on any atom is 0.349 e. The van der Waals surface area contributed by atoms with E-state index in [9.17, 15) is 25.0 Å². The number of ether oxygens (including phenoxy) is 3. The quantitative estimate of drug-likeness (QED) is 0.114. The summed E-state index contributed by atoms with van der Waals surface area (Å²) in [7, 11) is 1.41. The Morgan fingerprint density at radius 3 is 2.27 bits per heavy atom. The molecule has 3 rings (SSSR count). The summed E-state index contributed by atoms with van der Waals surface area (Å²) in [5.74, 6) is 0.425. The van der Waals surface area contributed by atoms with Crippen LogP contribution in [0, 0.1) is 20.2 Å². The molecule has 0 heterocycles. The summed E-state index contributed by atoms with van der Waals surface area (Å²) in [6, 6.07) is 15.6. The van der Waals surface area contributed by atoms with Crippen LogP contribution in [0.5, 0.6) is 17.2 Å². The van der Waals surface area contributed by atoms with Gasteiger partial charge in [0.05, 0.1) is 28.6 Å². The molecule has 192 valence electrons. The van der Waals surface area contributed by atoms with Crippen molar-refractivity contribution in [2.75, 3.05) is 13.7 Å². The minimum absolute atomic E-state index is 0.165. The molecule has 0 amide bonds. The molecule has 0 radical (unpaired) electrons. The number of nitro benzene ring substituents is 2. The highest BCUT2D eigenvalue weighted by atomic mass is 16.6. The first-order valence-electron chi connectivity index (χ1n) is 11.2. The Morgan fingerprint density at radius 2 is 1.62 bits per heavy atom. The number of methoxy groups -OCH3 is 1. The Labute approximate surface area is 213 Å². The van der Waals surface area contributed by atoms with Crippen LogP contribution in [0.3, 0.4) is 0 Å². The minimum Gasteiger partial charge on any atom is -0.493 e. The van der Waals surface area contributed by atoms with Gasteiger partial charge in [0.25, 0.3) is 11.4 Å². The van der Waals surface area contributed by atoms with Crippen LogP contribution in [0.1, 0.15) is 37.5 Å². The molecule has 0 aliphatic rings. The number of benzene rings is 3. The van der Waals surface area contributed by atoms with E-state index in [2.05, 4.69) is 0 Å². The fourth-order valence-electron chi connectivity index (χ4n) is 3.50. The monoisotopic (exact) mass is 506 g/mol. The van der Waals surface area contributed by atoms with E-state index in [1.165, 1.54) is 31.4 Å². The molecule has 0 aromatic heterocycles. The predicted molar refractivity (Wildman–Crippen MR) is 138 cm³/mol. The molecule has 0 aliphatic heterocycles. The van der Waals surface area contributed by atoms with E-state index in [1.807, 2.05) is 39.0 Å². The second-order valence-corrected chi connectivity index (χ2v) is 9.01. The largest absolute Gasteiger partial charge is 0.493 e. The molecule has 0 fully saturated rings. The van der Waals surface area contributed by atoms with Crippen LogP contribution in [0.25, 0.3) is 12.2 Å². The van der Waals surface area contributed by atoms with Crippen LogP contribution < -0.4 is 14.2 Å². The third kappa shape index (κ3) is 6.91. The smallest absolute Gasteiger partial charge is 0.349 e. The Hall–Kier alpha value is -4.73. The summed E-state index contributed by atoms with van der Waals surface area (Å²) in [5.41, 5.74) is 0.822. The van der Waals surface area contributed by atoms with E-state index < -0.39 is 21.5 Å². The van der Waals surface area contributed by atoms with Crippen molar-refractivity contribution in [3.8, 4) is 17.2 Å². The van der Waals surface area contributed by atoms with Crippen molar-refractivity contribution in [3.05, 3.63) is 97.6 Å². The lowest BCUT2D eigenvalue weighted by molar-refractivity contribution is -0.394. The maximum atomic E-state index is 12.5. The van der Waals surface area contributed by atoms with Gasteiger partial charge in [0, 0.05) is 6.07 Å². The summed E-state index contributed by atoms with van der Waals surface area (Å²) >= 11 is 0. The van der Waals surface area contributed by atoms with Crippen molar-refractivity contribution in [2.45, 2.75) is 26.2 Å². The van der Waals surface area contributed by atoms with Gasteiger partial charge in [-0.25, -0.2) is 4.79 Å². The van der Waals surface area contributed by atoms with E-state index in [0.717, 1.165) is 11.6 Å². The zero-order chi connectivity index (χ0) is 27.2. The number of hydrogen-bond donors (Lipinski definition) is 0. The summed E-state index contributed by atoms with van der Waals surface area (Å²) in [5, 5.41) is 22.3. The first-order chi connectivity index (χ1) is 17.5. The second-order valence-electron chi connectivity index (χ2n) is 9.01. The van der Waals surface area contributed by atoms with Crippen molar-refractivity contribution in [2.24, 2.45) is 0 Å². The number of nitro groups is 2. The number of para-hydroxylation sites is 1. The first kappa shape index (κ1) is 26.9. The molecule has 0 saturated carbocycles. The minimum atomic E-state index is -0.695. The molecule has 0 unspecified atom stereocenters. The van der Waals surface area contributed by atoms with Crippen LogP contribution in [-0.2, 0) is 10.2 Å². The highest BCUT2D eigenvalue weighted by molar-refractivity contribution is 5.77. The zero-order valence-corrected chi connectivity index (χ0v) is 20.8. The van der Waals surface area contributed by atoms with Gasteiger partial charge in [-0.1, -0.05) is 51.1 Å². The van der Waals surface area contributed by atoms with Crippen LogP contribution in [0.4, 0.5) is 11.4 Å². The fraction of sp³-hybridized carbons (Fsp3) is 0.222. The number of carbonyl (C=O) groups excluding carboxylic acids is 1. The number of carbonyl (C=O) groups is 1. The normalized spacial score (nSPS) is 11.2. The Bertz CT molecular complexity index is 1360. The van der Waals surface area contributed by atoms with Gasteiger partial charge in [-0.3, -0.25) is 20.2 Å². The van der Waals surface area contributed by atoms with E-state index in [-0.39, 0.29) is 34.8 Å². The van der Waals surface area contributed by atoms with Crippen LogP contribution in [-0.4, -0.2) is 29.5 Å². The molecule has 3 aromatic rings. The van der Waals surface area contributed by atoms with Crippen LogP contribution in [0.2, 0.25) is 0 Å². The molecule has 0 spiro atoms. The van der Waals surface area contributed by atoms with Gasteiger partial charge in [-0.15, -0.1) is 0 Å². The molecule has 10 nitrogen and oxygen atoms in total. The average Bonchev–Trinajstić information content (AvgIpc) is 2.86. The molecule has 0 aliphatic carbocycles. The van der Waals surface area contributed by atoms with Gasteiger partial charge in [-0.05, 0) is 46.9 Å². The number of nitrogens with zero attached hydrogens (tertiary/aromatic N) is 2. The third-order valence-electron chi connectivity index (χ3n) is 5.33. The summed E-state index contributed by atoms with van der Waals surface area (Å²) in [4.78, 5) is 33.3. The molecule has 0 saturated heterocycles. The summed E-state index contributed by atoms with van der Waals surface area (Å²) < 4.78 is 16.5. The molecular formula is C27H26N2O8. The van der Waals surface area contributed by atoms with Crippen molar-refractivity contribution in [3.63, 3.8) is 0 Å². The third-order valence-corrected chi connectivity index (χ3v) is 5.33. The molecule has 37 heavy (non-hydrogen) atoms. The van der Waals surface area contributed by atoms with E-state index in [1.54, 1.807) is 24.3 Å². The Morgan fingerprint density at radius 1 is 0.892 bits per heavy atom. The van der Waals surface area contributed by atoms with Crippen LogP contribution in [0.15, 0.2) is 60.7 Å². The molecular weight excluding hydrogens is 480 g/mol. The molecule has 10 heteroatoms. The molecule has 3 aromatic carbocycles. The maximum absolute atomic E-state index is 12.5. The molecule has 0 atom stereocenters. The SMILES string of the molecule is COc1cc(/C=C/c2ccc([N+](=O)[O-])cc2[N+](=O)[O-])ccc1OC(=O)COc1ccccc1C(C)(C)C. The number of rotatable bonds is 9. The lowest BCUT2D eigenvalue weighted by Crippen LogP contribution is -2.20. The van der Waals surface area contributed by atoms with Gasteiger partial charge in [0.1, 0.15) is 5.75 Å². The van der Waals surface area contributed by atoms with Crippen LogP contribution >= 0.6 is 0 Å². The second kappa shape index (κ2) is 11.3. The highest BCUT2D eigenvalue weighted by Crippen LogP contribution is 2.32. The number of hydrogen-bond acceptors (Lipinski definition) is 8. The van der Waals surface area contributed by atoms with Crippen molar-refractivity contribution in [1.82, 2.24) is 0 Å². The topological polar surface area (TPSA) is 131 Å².